The molecule has 418 valence electrons. The van der Waals surface area contributed by atoms with E-state index in [2.05, 4.69) is 19.2 Å². The van der Waals surface area contributed by atoms with Crippen molar-refractivity contribution in [2.75, 3.05) is 40.9 Å². The number of aliphatic hydroxyl groups excluding tert-OH is 1. The molecule has 0 radical (unpaired) electrons. The van der Waals surface area contributed by atoms with Gasteiger partial charge in [-0.1, -0.05) is 309 Å². The Morgan fingerprint density at radius 3 is 1.06 bits per heavy atom. The van der Waals surface area contributed by atoms with Gasteiger partial charge in [0.1, 0.15) is 13.2 Å². The van der Waals surface area contributed by atoms with Crippen LogP contribution in [0.5, 0.6) is 0 Å². The summed E-state index contributed by atoms with van der Waals surface area (Å²) in [4.78, 5) is 23.3. The molecule has 70 heavy (non-hydrogen) atoms. The summed E-state index contributed by atoms with van der Waals surface area (Å²) >= 11 is 0. The minimum Gasteiger partial charge on any atom is -0.387 e. The van der Waals surface area contributed by atoms with Gasteiger partial charge in [-0.25, -0.2) is 4.57 Å². The highest BCUT2D eigenvalue weighted by Gasteiger charge is 2.27. The van der Waals surface area contributed by atoms with E-state index in [-0.39, 0.29) is 19.1 Å². The molecule has 3 atom stereocenters. The van der Waals surface area contributed by atoms with E-state index in [0.717, 1.165) is 32.1 Å². The smallest absolute Gasteiger partial charge is 0.387 e. The number of carbonyl (C=O) groups is 1. The van der Waals surface area contributed by atoms with Crippen LogP contribution in [0.4, 0.5) is 0 Å². The van der Waals surface area contributed by atoms with Crippen molar-refractivity contribution in [1.82, 2.24) is 5.32 Å². The number of phosphoric ester groups is 1. The van der Waals surface area contributed by atoms with Crippen LogP contribution in [0.2, 0.25) is 0 Å². The van der Waals surface area contributed by atoms with Gasteiger partial charge < -0.3 is 19.8 Å². The number of aliphatic hydroxyl groups is 1. The number of hydrogen-bond acceptors (Lipinski definition) is 5. The molecule has 0 saturated heterocycles. The minimum atomic E-state index is -4.34. The van der Waals surface area contributed by atoms with E-state index in [4.69, 9.17) is 9.05 Å². The topological polar surface area (TPSA) is 105 Å². The maximum atomic E-state index is 13.0. The van der Waals surface area contributed by atoms with Crippen molar-refractivity contribution in [2.24, 2.45) is 0 Å². The first-order valence-electron chi connectivity index (χ1n) is 31.1. The number of nitrogens with one attached hydrogen (secondary N) is 1. The Bertz CT molecular complexity index is 1150. The molecule has 0 heterocycles. The average molecular weight is 1010 g/mol. The highest BCUT2D eigenvalue weighted by molar-refractivity contribution is 7.47. The van der Waals surface area contributed by atoms with Crippen molar-refractivity contribution >= 4 is 13.7 Å². The van der Waals surface area contributed by atoms with Crippen LogP contribution in [0.25, 0.3) is 0 Å². The summed E-state index contributed by atoms with van der Waals surface area (Å²) in [5, 5.41) is 14.0. The number of rotatable bonds is 58. The predicted octanol–water partition coefficient (Wildman–Crippen LogP) is 19.0. The molecule has 8 nitrogen and oxygen atoms in total. The van der Waals surface area contributed by atoms with Crippen LogP contribution in [0, 0.1) is 0 Å². The Labute approximate surface area is 437 Å². The van der Waals surface area contributed by atoms with Crippen LogP contribution >= 0.6 is 7.82 Å². The normalized spacial score (nSPS) is 13.9. The molecule has 0 aliphatic carbocycles. The molecule has 0 spiro atoms. The molecule has 0 aliphatic rings. The third kappa shape index (κ3) is 55.0. The number of amides is 1. The van der Waals surface area contributed by atoms with Crippen molar-refractivity contribution in [2.45, 2.75) is 334 Å². The first-order chi connectivity index (χ1) is 34.0. The molecule has 3 N–H and O–H groups in total. The summed E-state index contributed by atoms with van der Waals surface area (Å²) in [5.74, 6) is -0.169. The highest BCUT2D eigenvalue weighted by atomic mass is 31.2. The Morgan fingerprint density at radius 2 is 0.757 bits per heavy atom. The number of quaternary nitrogens is 1. The lowest BCUT2D eigenvalue weighted by Crippen LogP contribution is -2.45. The zero-order chi connectivity index (χ0) is 51.3. The second kappa shape index (κ2) is 53.1. The molecule has 3 unspecified atom stereocenters. The van der Waals surface area contributed by atoms with Crippen LogP contribution in [0.1, 0.15) is 322 Å². The van der Waals surface area contributed by atoms with Gasteiger partial charge in [0.2, 0.25) is 5.91 Å². The number of unbranched alkanes of at least 4 members (excludes halogenated alkanes) is 45. The standard InChI is InChI=1S/C61H123N2O6P/c1-6-8-10-12-14-16-18-20-22-24-26-28-30-31-32-33-34-36-38-40-42-44-46-48-50-52-54-60(64)59(58-69-70(66,67)68-57-56-63(3,4)5)62-61(65)55-53-51-49-47-45-43-41-39-37-35-29-27-25-23-21-19-17-15-13-11-9-7-2/h52,54,59-60,64H,6-51,53,55-58H2,1-5H3,(H-,62,65,66,67)/p+1/b54-52+. The van der Waals surface area contributed by atoms with E-state index in [1.165, 1.54) is 270 Å². The number of likely N-dealkylation sites (N-methyl/N-ethyl adjacent to an activating group) is 1. The molecule has 0 aromatic heterocycles. The van der Waals surface area contributed by atoms with Crippen LogP contribution in [0.15, 0.2) is 12.2 Å². The van der Waals surface area contributed by atoms with E-state index in [1.807, 2.05) is 27.2 Å². The van der Waals surface area contributed by atoms with Crippen LogP contribution in [-0.2, 0) is 18.4 Å². The molecule has 0 aliphatic heterocycles. The van der Waals surface area contributed by atoms with E-state index in [0.29, 0.717) is 17.4 Å². The van der Waals surface area contributed by atoms with Gasteiger partial charge in [0.05, 0.1) is 39.9 Å². The van der Waals surface area contributed by atoms with Gasteiger partial charge in [-0.05, 0) is 19.3 Å². The Kier molecular flexibility index (Phi) is 52.5. The van der Waals surface area contributed by atoms with Gasteiger partial charge >= 0.3 is 7.82 Å². The fraction of sp³-hybridized carbons (Fsp3) is 0.951. The maximum absolute atomic E-state index is 13.0. The molecular weight excluding hydrogens is 888 g/mol. The molecule has 1 amide bonds. The largest absolute Gasteiger partial charge is 0.472 e. The number of allylic oxidation sites excluding steroid dienone is 1. The average Bonchev–Trinajstić information content (AvgIpc) is 3.32. The molecule has 0 fully saturated rings. The summed E-state index contributed by atoms with van der Waals surface area (Å²) < 4.78 is 23.8. The van der Waals surface area contributed by atoms with Gasteiger partial charge in [0.15, 0.2) is 0 Å². The van der Waals surface area contributed by atoms with E-state index < -0.39 is 20.0 Å². The Morgan fingerprint density at radius 1 is 0.471 bits per heavy atom. The lowest BCUT2D eigenvalue weighted by molar-refractivity contribution is -0.870. The van der Waals surface area contributed by atoms with E-state index in [9.17, 15) is 19.4 Å². The predicted molar refractivity (Wildman–Crippen MR) is 305 cm³/mol. The monoisotopic (exact) mass is 1010 g/mol. The van der Waals surface area contributed by atoms with Crippen molar-refractivity contribution in [3.63, 3.8) is 0 Å². The first-order valence-corrected chi connectivity index (χ1v) is 32.6. The van der Waals surface area contributed by atoms with Gasteiger partial charge in [-0.15, -0.1) is 0 Å². The van der Waals surface area contributed by atoms with Crippen LogP contribution in [0.3, 0.4) is 0 Å². The zero-order valence-electron chi connectivity index (χ0n) is 47.8. The molecule has 9 heteroatoms. The van der Waals surface area contributed by atoms with Crippen molar-refractivity contribution < 1.29 is 32.9 Å². The summed E-state index contributed by atoms with van der Waals surface area (Å²) in [6.45, 7) is 4.88. The summed E-state index contributed by atoms with van der Waals surface area (Å²) in [6, 6.07) is -0.842. The number of carbonyl (C=O) groups excluding carboxylic acids is 1. The number of hydrogen-bond donors (Lipinski definition) is 3. The third-order valence-corrected chi connectivity index (χ3v) is 15.5. The third-order valence-electron chi connectivity index (χ3n) is 14.5. The van der Waals surface area contributed by atoms with Gasteiger partial charge in [0.25, 0.3) is 0 Å². The quantitative estimate of drug-likeness (QED) is 0.0243. The maximum Gasteiger partial charge on any atom is 0.472 e. The van der Waals surface area contributed by atoms with Crippen molar-refractivity contribution in [3.05, 3.63) is 12.2 Å². The molecule has 0 rings (SSSR count). The number of phosphoric acid groups is 1. The fourth-order valence-corrected chi connectivity index (χ4v) is 10.4. The van der Waals surface area contributed by atoms with Crippen molar-refractivity contribution in [3.8, 4) is 0 Å². The summed E-state index contributed by atoms with van der Waals surface area (Å²) in [7, 11) is 1.59. The summed E-state index contributed by atoms with van der Waals surface area (Å²) in [6.07, 6.45) is 66.1. The zero-order valence-corrected chi connectivity index (χ0v) is 48.7. The summed E-state index contributed by atoms with van der Waals surface area (Å²) in [5.41, 5.74) is 0. The Balaban J connectivity index is 4.13. The lowest BCUT2D eigenvalue weighted by Gasteiger charge is -2.25. The van der Waals surface area contributed by atoms with Crippen LogP contribution in [-0.4, -0.2) is 73.4 Å². The molecule has 0 saturated carbocycles. The molecule has 0 aromatic rings. The first kappa shape index (κ1) is 69.2. The van der Waals surface area contributed by atoms with E-state index >= 15 is 0 Å². The Hall–Kier alpha value is -0.760. The highest BCUT2D eigenvalue weighted by Crippen LogP contribution is 2.43. The van der Waals surface area contributed by atoms with Crippen LogP contribution < -0.4 is 5.32 Å². The number of nitrogens with zero attached hydrogens (tertiary/aromatic N) is 1. The second-order valence-corrected chi connectivity index (χ2v) is 24.3. The second-order valence-electron chi connectivity index (χ2n) is 22.8. The molecule has 0 bridgehead atoms. The minimum absolute atomic E-state index is 0.0653. The van der Waals surface area contributed by atoms with Crippen molar-refractivity contribution in [1.29, 1.82) is 0 Å². The van der Waals surface area contributed by atoms with Gasteiger partial charge in [-0.2, -0.15) is 0 Å². The lowest BCUT2D eigenvalue weighted by atomic mass is 10.0. The SMILES string of the molecule is CCCCCCCCCCCCCCCCCCCCCCCCCC/C=C/C(O)C(COP(=O)(O)OCC[N+](C)(C)C)NC(=O)CCCCCCCCCCCCCCCCCCCCCCCC. The molecule has 0 aromatic carbocycles. The van der Waals surface area contributed by atoms with Gasteiger partial charge in [-0.3, -0.25) is 13.8 Å². The molecular formula is C61H124N2O6P+. The van der Waals surface area contributed by atoms with E-state index in [1.54, 1.807) is 6.08 Å². The van der Waals surface area contributed by atoms with Gasteiger partial charge in [0, 0.05) is 6.42 Å². The fourth-order valence-electron chi connectivity index (χ4n) is 9.63.